The first-order valence-corrected chi connectivity index (χ1v) is 13.0. The summed E-state index contributed by atoms with van der Waals surface area (Å²) in [5.41, 5.74) is 8.69. The van der Waals surface area contributed by atoms with Crippen LogP contribution in [0.4, 0.5) is 11.4 Å². The summed E-state index contributed by atoms with van der Waals surface area (Å²) < 4.78 is 12.1. The van der Waals surface area contributed by atoms with Gasteiger partial charge in [0.05, 0.1) is 16.8 Å². The number of aliphatic imine (C=N–C) groups is 1. The molecule has 1 saturated heterocycles. The van der Waals surface area contributed by atoms with Crippen LogP contribution in [0.15, 0.2) is 59.9 Å². The van der Waals surface area contributed by atoms with E-state index in [4.69, 9.17) is 26.8 Å². The average Bonchev–Trinajstić information content (AvgIpc) is 2.93. The third-order valence-corrected chi connectivity index (χ3v) is 7.00. The van der Waals surface area contributed by atoms with E-state index in [9.17, 15) is 4.79 Å². The van der Waals surface area contributed by atoms with Crippen LogP contribution in [0.3, 0.4) is 0 Å². The Hall–Kier alpha value is -3.82. The summed E-state index contributed by atoms with van der Waals surface area (Å²) >= 11 is 6.50. The molecule has 2 aromatic carbocycles. The standard InChI is InChI=1S/C28H30ClN6O3/c1-17(19-8-11-31-12-9-19)38-21-5-6-22-24(14-21)34-28(26(30)36)35-27(22)33-20-4-7-25(23(29)13-20)37-16-18-3-2-10-32-15-18/h2-4,6-7,10,13-15,17,19,27,31,33H,8-9,11-12,16H2,1H3,(H2,30,36)(H,34,35). The molecule has 5 N–H and O–H groups in total. The molecule has 2 aliphatic rings. The van der Waals surface area contributed by atoms with E-state index in [-0.39, 0.29) is 11.9 Å². The molecule has 0 spiro atoms. The van der Waals surface area contributed by atoms with Crippen molar-refractivity contribution in [3.63, 3.8) is 0 Å². The number of nitrogens with one attached hydrogen (secondary N) is 3. The van der Waals surface area contributed by atoms with E-state index < -0.39 is 12.1 Å². The third-order valence-electron chi connectivity index (χ3n) is 6.71. The van der Waals surface area contributed by atoms with Crippen molar-refractivity contribution in [1.29, 1.82) is 0 Å². The summed E-state index contributed by atoms with van der Waals surface area (Å²) in [4.78, 5) is 20.6. The molecule has 1 aromatic heterocycles. The highest BCUT2D eigenvalue weighted by Crippen LogP contribution is 2.36. The SMILES string of the molecule is CC(Oc1[c]cc2c(c1)NC(C(N)=O)=NC2Nc1ccc(OCc2cccnc2)c(Cl)c1)C1CCNCC1. The van der Waals surface area contributed by atoms with Crippen LogP contribution in [-0.2, 0) is 11.4 Å². The molecule has 1 radical (unpaired) electrons. The first-order chi connectivity index (χ1) is 18.5. The van der Waals surface area contributed by atoms with Gasteiger partial charge in [-0.3, -0.25) is 9.78 Å². The molecule has 1 amide bonds. The maximum Gasteiger partial charge on any atom is 0.284 e. The van der Waals surface area contributed by atoms with Crippen molar-refractivity contribution in [3.05, 3.63) is 77.1 Å². The lowest BCUT2D eigenvalue weighted by Gasteiger charge is -2.29. The first kappa shape index (κ1) is 25.8. The molecule has 10 heteroatoms. The van der Waals surface area contributed by atoms with Crippen molar-refractivity contribution >= 4 is 34.7 Å². The maximum absolute atomic E-state index is 12.0. The van der Waals surface area contributed by atoms with Crippen LogP contribution < -0.4 is 31.2 Å². The zero-order valence-electron chi connectivity index (χ0n) is 21.0. The Balaban J connectivity index is 1.31. The number of halogens is 1. The number of fused-ring (bicyclic) bond motifs is 1. The molecular weight excluding hydrogens is 504 g/mol. The zero-order chi connectivity index (χ0) is 26.5. The predicted molar refractivity (Wildman–Crippen MR) is 148 cm³/mol. The monoisotopic (exact) mass is 533 g/mol. The molecule has 2 atom stereocenters. The van der Waals surface area contributed by atoms with Gasteiger partial charge in [-0.2, -0.15) is 0 Å². The number of benzene rings is 2. The summed E-state index contributed by atoms with van der Waals surface area (Å²) in [5, 5.41) is 10.2. The second-order valence-electron chi connectivity index (χ2n) is 9.39. The lowest BCUT2D eigenvalue weighted by atomic mass is 9.93. The minimum atomic E-state index is -0.655. The summed E-state index contributed by atoms with van der Waals surface area (Å²) in [6.07, 6.45) is 5.07. The highest BCUT2D eigenvalue weighted by Gasteiger charge is 2.26. The number of primary amides is 1. The molecule has 1 fully saturated rings. The number of amides is 1. The van der Waals surface area contributed by atoms with Gasteiger partial charge in [0.15, 0.2) is 5.84 Å². The Morgan fingerprint density at radius 3 is 2.87 bits per heavy atom. The summed E-state index contributed by atoms with van der Waals surface area (Å²) in [6.45, 7) is 4.44. The topological polar surface area (TPSA) is 123 Å². The molecule has 2 unspecified atom stereocenters. The second-order valence-corrected chi connectivity index (χ2v) is 9.79. The quantitative estimate of drug-likeness (QED) is 0.323. The number of carbonyl (C=O) groups excluding carboxylic acids is 1. The number of carbonyl (C=O) groups is 1. The van der Waals surface area contributed by atoms with Gasteiger partial charge in [-0.1, -0.05) is 17.7 Å². The fourth-order valence-corrected chi connectivity index (χ4v) is 4.83. The van der Waals surface area contributed by atoms with Crippen molar-refractivity contribution in [1.82, 2.24) is 10.3 Å². The van der Waals surface area contributed by atoms with Crippen LogP contribution in [-0.4, -0.2) is 35.9 Å². The Kier molecular flexibility index (Phi) is 7.95. The number of piperidine rings is 1. The average molecular weight is 534 g/mol. The van der Waals surface area contributed by atoms with E-state index in [1.54, 1.807) is 24.5 Å². The molecule has 9 nitrogen and oxygen atoms in total. The molecule has 3 aromatic rings. The predicted octanol–water partition coefficient (Wildman–Crippen LogP) is 4.30. The van der Waals surface area contributed by atoms with Crippen molar-refractivity contribution < 1.29 is 14.3 Å². The number of rotatable bonds is 9. The van der Waals surface area contributed by atoms with Gasteiger partial charge in [-0.25, -0.2) is 4.99 Å². The van der Waals surface area contributed by atoms with Gasteiger partial charge in [-0.15, -0.1) is 0 Å². The number of nitrogens with zero attached hydrogens (tertiary/aromatic N) is 2. The molecule has 0 bridgehead atoms. The summed E-state index contributed by atoms with van der Waals surface area (Å²) in [7, 11) is 0. The van der Waals surface area contributed by atoms with E-state index in [1.165, 1.54) is 0 Å². The highest BCUT2D eigenvalue weighted by atomic mass is 35.5. The maximum atomic E-state index is 12.0. The number of ether oxygens (including phenoxy) is 2. The number of nitrogens with two attached hydrogens (primary N) is 1. The highest BCUT2D eigenvalue weighted by molar-refractivity contribution is 6.42. The van der Waals surface area contributed by atoms with E-state index >= 15 is 0 Å². The number of amidine groups is 1. The van der Waals surface area contributed by atoms with E-state index in [0.717, 1.165) is 37.1 Å². The smallest absolute Gasteiger partial charge is 0.284 e. The van der Waals surface area contributed by atoms with Crippen molar-refractivity contribution in [2.75, 3.05) is 23.7 Å². The van der Waals surface area contributed by atoms with Gasteiger partial charge in [0.25, 0.3) is 5.91 Å². The third kappa shape index (κ3) is 6.17. The van der Waals surface area contributed by atoms with E-state index in [2.05, 4.69) is 38.9 Å². The van der Waals surface area contributed by atoms with Gasteiger partial charge in [0, 0.05) is 41.3 Å². The van der Waals surface area contributed by atoms with Crippen molar-refractivity contribution in [2.24, 2.45) is 16.6 Å². The van der Waals surface area contributed by atoms with Crippen LogP contribution in [0.25, 0.3) is 0 Å². The Labute approximate surface area is 226 Å². The van der Waals surface area contributed by atoms with Gasteiger partial charge < -0.3 is 31.2 Å². The minimum absolute atomic E-state index is 0.0502. The van der Waals surface area contributed by atoms with Gasteiger partial charge in [0.2, 0.25) is 0 Å². The van der Waals surface area contributed by atoms with Crippen LogP contribution in [0.2, 0.25) is 5.02 Å². The Bertz CT molecular complexity index is 1310. The van der Waals surface area contributed by atoms with Crippen molar-refractivity contribution in [2.45, 2.75) is 38.6 Å². The molecule has 197 valence electrons. The van der Waals surface area contributed by atoms with Crippen LogP contribution >= 0.6 is 11.6 Å². The fourth-order valence-electron chi connectivity index (χ4n) is 4.60. The van der Waals surface area contributed by atoms with E-state index in [0.29, 0.717) is 40.4 Å². The largest absolute Gasteiger partial charge is 0.490 e. The number of pyridine rings is 1. The molecule has 0 saturated carbocycles. The lowest BCUT2D eigenvalue weighted by Crippen LogP contribution is -2.35. The molecule has 3 heterocycles. The Morgan fingerprint density at radius 1 is 1.29 bits per heavy atom. The van der Waals surface area contributed by atoms with Crippen LogP contribution in [0.1, 0.15) is 37.1 Å². The summed E-state index contributed by atoms with van der Waals surface area (Å²) in [6, 6.07) is 16.0. The number of hydrogen-bond acceptors (Lipinski definition) is 8. The molecule has 38 heavy (non-hydrogen) atoms. The second kappa shape index (κ2) is 11.7. The molecule has 5 rings (SSSR count). The van der Waals surface area contributed by atoms with Crippen LogP contribution in [0, 0.1) is 12.0 Å². The zero-order valence-corrected chi connectivity index (χ0v) is 21.8. The van der Waals surface area contributed by atoms with E-state index in [1.807, 2.05) is 30.3 Å². The number of aromatic nitrogens is 1. The van der Waals surface area contributed by atoms with Gasteiger partial charge in [0.1, 0.15) is 24.3 Å². The van der Waals surface area contributed by atoms with Gasteiger partial charge in [-0.05, 0) is 69.1 Å². The Morgan fingerprint density at radius 2 is 2.13 bits per heavy atom. The lowest BCUT2D eigenvalue weighted by molar-refractivity contribution is -0.112. The minimum Gasteiger partial charge on any atom is -0.490 e. The van der Waals surface area contributed by atoms with Gasteiger partial charge >= 0.3 is 0 Å². The fraction of sp³-hybridized carbons (Fsp3) is 0.321. The number of anilines is 2. The first-order valence-electron chi connectivity index (χ1n) is 12.6. The normalized spacial score (nSPS) is 17.9. The van der Waals surface area contributed by atoms with Crippen LogP contribution in [0.5, 0.6) is 11.5 Å². The number of hydrogen-bond donors (Lipinski definition) is 4. The van der Waals surface area contributed by atoms with Crippen molar-refractivity contribution in [3.8, 4) is 11.5 Å². The molecule has 2 aliphatic heterocycles. The molecule has 0 aliphatic carbocycles. The molecular formula is C28H30ClN6O3. The summed E-state index contributed by atoms with van der Waals surface area (Å²) in [5.74, 6) is 1.03.